The van der Waals surface area contributed by atoms with Gasteiger partial charge in [-0.2, -0.15) is 0 Å². The predicted octanol–water partition coefficient (Wildman–Crippen LogP) is 3.13. The Morgan fingerprint density at radius 1 is 1.39 bits per heavy atom. The molecule has 4 heterocycles. The third kappa shape index (κ3) is 3.88. The Balaban J connectivity index is 1.37. The Labute approximate surface area is 170 Å². The zero-order valence-electron chi connectivity index (χ0n) is 17.1. The van der Waals surface area contributed by atoms with Crippen LogP contribution in [0.25, 0.3) is 0 Å². The molecule has 2 aliphatic heterocycles. The summed E-state index contributed by atoms with van der Waals surface area (Å²) in [6.45, 7) is 11.9. The average Bonchev–Trinajstić information content (AvgIpc) is 3.40. The molecule has 0 aliphatic carbocycles. The molecule has 152 valence electrons. The standard InChI is InChI=1S/C21H30N4O2S/c1-4-25-8-5-6-16(25)10-22-21(26)19-13-28-20-12-24(9-7-17(19)20)11-18-14(2)23-27-15(18)3/h13,16H,4-12H2,1-3H3,(H,22,26). The third-order valence-corrected chi connectivity index (χ3v) is 7.25. The van der Waals surface area contributed by atoms with Gasteiger partial charge >= 0.3 is 0 Å². The van der Waals surface area contributed by atoms with Crippen LogP contribution >= 0.6 is 11.3 Å². The SMILES string of the molecule is CCN1CCCC1CNC(=O)c1csc2c1CCN(Cc1c(C)noc1C)C2. The molecule has 0 radical (unpaired) electrons. The van der Waals surface area contributed by atoms with Crippen molar-refractivity contribution in [2.45, 2.75) is 59.2 Å². The number of fused-ring (bicyclic) bond motifs is 1. The first-order valence-electron chi connectivity index (χ1n) is 10.3. The van der Waals surface area contributed by atoms with Gasteiger partial charge in [0.05, 0.1) is 11.3 Å². The number of nitrogens with one attached hydrogen (secondary N) is 1. The van der Waals surface area contributed by atoms with Crippen molar-refractivity contribution in [1.82, 2.24) is 20.3 Å². The van der Waals surface area contributed by atoms with Gasteiger partial charge in [-0.05, 0) is 51.8 Å². The van der Waals surface area contributed by atoms with Gasteiger partial charge in [-0.25, -0.2) is 0 Å². The van der Waals surface area contributed by atoms with Crippen molar-refractivity contribution < 1.29 is 9.32 Å². The first kappa shape index (κ1) is 19.6. The number of aryl methyl sites for hydroxylation is 2. The first-order chi connectivity index (χ1) is 13.6. The number of amides is 1. The lowest BCUT2D eigenvalue weighted by molar-refractivity contribution is 0.0940. The van der Waals surface area contributed by atoms with E-state index in [4.69, 9.17) is 4.52 Å². The highest BCUT2D eigenvalue weighted by molar-refractivity contribution is 7.10. The molecule has 2 aromatic heterocycles. The molecule has 2 aliphatic rings. The molecule has 1 atom stereocenters. The molecule has 0 spiro atoms. The molecular weight excluding hydrogens is 372 g/mol. The summed E-state index contributed by atoms with van der Waals surface area (Å²) in [6.07, 6.45) is 3.35. The number of carbonyl (C=O) groups excluding carboxylic acids is 1. The van der Waals surface area contributed by atoms with Gasteiger partial charge in [0.2, 0.25) is 0 Å². The largest absolute Gasteiger partial charge is 0.361 e. The zero-order chi connectivity index (χ0) is 19.7. The van der Waals surface area contributed by atoms with Crippen LogP contribution in [0.5, 0.6) is 0 Å². The minimum Gasteiger partial charge on any atom is -0.361 e. The quantitative estimate of drug-likeness (QED) is 0.804. The second-order valence-corrected chi connectivity index (χ2v) is 8.91. The number of nitrogens with zero attached hydrogens (tertiary/aromatic N) is 3. The van der Waals surface area contributed by atoms with E-state index < -0.39 is 0 Å². The molecule has 1 saturated heterocycles. The van der Waals surface area contributed by atoms with Gasteiger partial charge < -0.3 is 9.84 Å². The van der Waals surface area contributed by atoms with Gasteiger partial charge in [-0.15, -0.1) is 11.3 Å². The van der Waals surface area contributed by atoms with Gasteiger partial charge in [0.1, 0.15) is 5.76 Å². The molecule has 2 aromatic rings. The lowest BCUT2D eigenvalue weighted by Crippen LogP contribution is -2.40. The highest BCUT2D eigenvalue weighted by atomic mass is 32.1. The summed E-state index contributed by atoms with van der Waals surface area (Å²) < 4.78 is 5.30. The maximum absolute atomic E-state index is 12.8. The summed E-state index contributed by atoms with van der Waals surface area (Å²) in [6, 6.07) is 0.494. The topological polar surface area (TPSA) is 61.6 Å². The van der Waals surface area contributed by atoms with Crippen molar-refractivity contribution in [3.63, 3.8) is 0 Å². The number of hydrogen-bond donors (Lipinski definition) is 1. The van der Waals surface area contributed by atoms with Crippen LogP contribution in [0.3, 0.4) is 0 Å². The van der Waals surface area contributed by atoms with Crippen molar-refractivity contribution >= 4 is 17.2 Å². The fourth-order valence-corrected chi connectivity index (χ4v) is 5.63. The number of thiophene rings is 1. The second-order valence-electron chi connectivity index (χ2n) is 7.95. The van der Waals surface area contributed by atoms with Crippen LogP contribution in [0.15, 0.2) is 9.90 Å². The molecule has 4 rings (SSSR count). The van der Waals surface area contributed by atoms with Crippen LogP contribution in [0.4, 0.5) is 0 Å². The lowest BCUT2D eigenvalue weighted by Gasteiger charge is -2.27. The van der Waals surface area contributed by atoms with Gasteiger partial charge in [0, 0.05) is 48.0 Å². The summed E-state index contributed by atoms with van der Waals surface area (Å²) in [4.78, 5) is 19.0. The van der Waals surface area contributed by atoms with E-state index in [1.807, 2.05) is 19.2 Å². The summed E-state index contributed by atoms with van der Waals surface area (Å²) in [7, 11) is 0. The number of aromatic nitrogens is 1. The van der Waals surface area contributed by atoms with E-state index in [9.17, 15) is 4.79 Å². The summed E-state index contributed by atoms with van der Waals surface area (Å²) in [5.74, 6) is 1.00. The maximum Gasteiger partial charge on any atom is 0.252 e. The predicted molar refractivity (Wildman–Crippen MR) is 111 cm³/mol. The molecule has 7 heteroatoms. The molecule has 1 fully saturated rings. The fraction of sp³-hybridized carbons (Fsp3) is 0.619. The van der Waals surface area contributed by atoms with Gasteiger partial charge in [0.25, 0.3) is 5.91 Å². The Morgan fingerprint density at radius 2 is 2.25 bits per heavy atom. The molecule has 6 nitrogen and oxygen atoms in total. The number of rotatable bonds is 6. The Kier molecular flexibility index (Phi) is 5.85. The van der Waals surface area contributed by atoms with Crippen LogP contribution in [-0.4, -0.2) is 53.1 Å². The van der Waals surface area contributed by atoms with Crippen molar-refractivity contribution in [1.29, 1.82) is 0 Å². The van der Waals surface area contributed by atoms with Crippen LogP contribution in [0, 0.1) is 13.8 Å². The average molecular weight is 403 g/mol. The van der Waals surface area contributed by atoms with Crippen molar-refractivity contribution in [3.8, 4) is 0 Å². The lowest BCUT2D eigenvalue weighted by atomic mass is 10.0. The van der Waals surface area contributed by atoms with E-state index in [0.29, 0.717) is 6.04 Å². The Morgan fingerprint density at radius 3 is 3.00 bits per heavy atom. The monoisotopic (exact) mass is 402 g/mol. The minimum absolute atomic E-state index is 0.0969. The summed E-state index contributed by atoms with van der Waals surface area (Å²) in [5.41, 5.74) is 4.30. The van der Waals surface area contributed by atoms with Gasteiger partial charge in [-0.1, -0.05) is 12.1 Å². The van der Waals surface area contributed by atoms with E-state index in [2.05, 4.69) is 27.2 Å². The number of likely N-dealkylation sites (N-methyl/N-ethyl adjacent to an activating group) is 1. The Bertz CT molecular complexity index is 824. The van der Waals surface area contributed by atoms with Crippen molar-refractivity contribution in [3.05, 3.63) is 38.4 Å². The molecular formula is C21H30N4O2S. The highest BCUT2D eigenvalue weighted by Gasteiger charge is 2.27. The zero-order valence-corrected chi connectivity index (χ0v) is 17.9. The molecule has 28 heavy (non-hydrogen) atoms. The molecule has 0 bridgehead atoms. The summed E-state index contributed by atoms with van der Waals surface area (Å²) >= 11 is 1.72. The van der Waals surface area contributed by atoms with E-state index in [1.165, 1.54) is 28.8 Å². The first-order valence-corrected chi connectivity index (χ1v) is 11.2. The molecule has 0 aromatic carbocycles. The van der Waals surface area contributed by atoms with Crippen molar-refractivity contribution in [2.75, 3.05) is 26.2 Å². The molecule has 1 amide bonds. The van der Waals surface area contributed by atoms with Crippen LogP contribution < -0.4 is 5.32 Å². The smallest absolute Gasteiger partial charge is 0.252 e. The molecule has 1 N–H and O–H groups in total. The fourth-order valence-electron chi connectivity index (χ4n) is 4.51. The van der Waals surface area contributed by atoms with E-state index >= 15 is 0 Å². The van der Waals surface area contributed by atoms with Crippen LogP contribution in [0.2, 0.25) is 0 Å². The number of hydrogen-bond acceptors (Lipinski definition) is 6. The number of likely N-dealkylation sites (tertiary alicyclic amines) is 1. The Hall–Kier alpha value is -1.70. The van der Waals surface area contributed by atoms with E-state index in [1.54, 1.807) is 11.3 Å². The minimum atomic E-state index is 0.0969. The van der Waals surface area contributed by atoms with Gasteiger partial charge in [0.15, 0.2) is 0 Å². The molecule has 0 saturated carbocycles. The second kappa shape index (κ2) is 8.35. The van der Waals surface area contributed by atoms with E-state index in [0.717, 1.165) is 62.7 Å². The van der Waals surface area contributed by atoms with Gasteiger partial charge in [-0.3, -0.25) is 14.6 Å². The van der Waals surface area contributed by atoms with E-state index in [-0.39, 0.29) is 5.91 Å². The highest BCUT2D eigenvalue weighted by Crippen LogP contribution is 2.30. The normalized spacial score (nSPS) is 20.5. The molecule has 1 unspecified atom stereocenters. The third-order valence-electron chi connectivity index (χ3n) is 6.24. The maximum atomic E-state index is 12.8. The van der Waals surface area contributed by atoms with Crippen LogP contribution in [0.1, 0.15) is 57.6 Å². The number of carbonyl (C=O) groups is 1. The van der Waals surface area contributed by atoms with Crippen LogP contribution in [-0.2, 0) is 19.5 Å². The summed E-state index contributed by atoms with van der Waals surface area (Å²) in [5, 5.41) is 9.31. The van der Waals surface area contributed by atoms with Crippen molar-refractivity contribution in [2.24, 2.45) is 0 Å².